The zero-order valence-corrected chi connectivity index (χ0v) is 19.1. The average Bonchev–Trinajstić information content (AvgIpc) is 3.11. The number of phenolic OH excluding ortho intramolecular Hbond substituents is 1. The lowest BCUT2D eigenvalue weighted by molar-refractivity contribution is -0.132. The Morgan fingerprint density at radius 2 is 1.88 bits per heavy atom. The molecule has 2 saturated heterocycles. The summed E-state index contributed by atoms with van der Waals surface area (Å²) in [5, 5.41) is 11.0. The Kier molecular flexibility index (Phi) is 6.58. The van der Waals surface area contributed by atoms with Crippen LogP contribution < -0.4 is 4.90 Å². The van der Waals surface area contributed by atoms with Crippen LogP contribution in [-0.4, -0.2) is 65.3 Å². The lowest BCUT2D eigenvalue weighted by atomic mass is 9.96. The predicted molar refractivity (Wildman–Crippen MR) is 128 cm³/mol. The summed E-state index contributed by atoms with van der Waals surface area (Å²) in [5.74, 6) is 1.36. The minimum Gasteiger partial charge on any atom is -0.507 e. The Labute approximate surface area is 198 Å². The van der Waals surface area contributed by atoms with Crippen LogP contribution in [0.25, 0.3) is 22.3 Å². The molecule has 0 saturated carbocycles. The predicted octanol–water partition coefficient (Wildman–Crippen LogP) is 4.00. The largest absolute Gasteiger partial charge is 0.507 e. The molecule has 1 amide bonds. The topological polar surface area (TPSA) is 78.8 Å². The Hall–Kier alpha value is -3.26. The quantitative estimate of drug-likeness (QED) is 0.629. The molecule has 178 valence electrons. The number of amides is 1. The van der Waals surface area contributed by atoms with E-state index in [1.165, 1.54) is 12.1 Å². The van der Waals surface area contributed by atoms with Gasteiger partial charge in [0.2, 0.25) is 5.91 Å². The number of ether oxygens (including phenoxy) is 1. The number of halogens is 1. The smallest absolute Gasteiger partial charge is 0.222 e. The molecule has 0 atom stereocenters. The summed E-state index contributed by atoms with van der Waals surface area (Å²) < 4.78 is 19.6. The number of rotatable bonds is 4. The van der Waals surface area contributed by atoms with Gasteiger partial charge in [-0.15, -0.1) is 0 Å². The maximum atomic E-state index is 14.2. The maximum absolute atomic E-state index is 14.2. The molecule has 3 aromatic rings. The van der Waals surface area contributed by atoms with Crippen LogP contribution in [0.15, 0.2) is 42.5 Å². The lowest BCUT2D eigenvalue weighted by Gasteiger charge is -2.26. The monoisotopic (exact) mass is 464 g/mol. The van der Waals surface area contributed by atoms with Crippen LogP contribution in [0.1, 0.15) is 25.7 Å². The van der Waals surface area contributed by atoms with Crippen molar-refractivity contribution in [3.8, 4) is 17.1 Å². The fraction of sp³-hybridized carbons (Fsp3) is 0.423. The second kappa shape index (κ2) is 9.93. The summed E-state index contributed by atoms with van der Waals surface area (Å²) in [4.78, 5) is 26.4. The fourth-order valence-electron chi connectivity index (χ4n) is 4.81. The summed E-state index contributed by atoms with van der Waals surface area (Å²) >= 11 is 0. The molecule has 2 aliphatic rings. The molecular weight excluding hydrogens is 435 g/mol. The molecule has 7 nitrogen and oxygen atoms in total. The van der Waals surface area contributed by atoms with Crippen molar-refractivity contribution in [1.82, 2.24) is 14.9 Å². The van der Waals surface area contributed by atoms with Gasteiger partial charge in [-0.05, 0) is 55.5 Å². The Bertz CT molecular complexity index is 1180. The van der Waals surface area contributed by atoms with Crippen LogP contribution in [0, 0.1) is 11.7 Å². The molecule has 0 spiro atoms. The van der Waals surface area contributed by atoms with E-state index in [1.54, 1.807) is 24.3 Å². The van der Waals surface area contributed by atoms with E-state index < -0.39 is 0 Å². The standard InChI is InChI=1S/C26H29FN4O3/c27-19-6-7-22-21(17-19)26(29-25(28-22)20-4-1-2-5-23(20)32)31-11-3-10-30(12-13-31)24(33)16-18-8-14-34-15-9-18/h1-2,4-7,17-18,32H,3,8-16H2. The highest BCUT2D eigenvalue weighted by Crippen LogP contribution is 2.32. The summed E-state index contributed by atoms with van der Waals surface area (Å²) in [6.07, 6.45) is 3.26. The molecule has 8 heteroatoms. The van der Waals surface area contributed by atoms with Gasteiger partial charge in [-0.2, -0.15) is 0 Å². The third-order valence-electron chi connectivity index (χ3n) is 6.73. The highest BCUT2D eigenvalue weighted by Gasteiger charge is 2.25. The first kappa shape index (κ1) is 22.5. The minimum atomic E-state index is -0.351. The number of carbonyl (C=O) groups is 1. The van der Waals surface area contributed by atoms with Crippen molar-refractivity contribution in [2.45, 2.75) is 25.7 Å². The first-order valence-corrected chi connectivity index (χ1v) is 11.9. The van der Waals surface area contributed by atoms with Gasteiger partial charge in [-0.3, -0.25) is 4.79 Å². The number of para-hydroxylation sites is 1. The SMILES string of the molecule is O=C(CC1CCOCC1)N1CCCN(c2nc(-c3ccccc3O)nc3ccc(F)cc23)CC1. The summed E-state index contributed by atoms with van der Waals surface area (Å²) in [5.41, 5.74) is 1.14. The molecule has 1 N–H and O–H groups in total. The second-order valence-corrected chi connectivity index (χ2v) is 9.03. The van der Waals surface area contributed by atoms with Gasteiger partial charge in [-0.1, -0.05) is 12.1 Å². The molecule has 2 aliphatic heterocycles. The summed E-state index contributed by atoms with van der Waals surface area (Å²) in [6.45, 7) is 4.06. The maximum Gasteiger partial charge on any atom is 0.222 e. The molecule has 0 radical (unpaired) electrons. The van der Waals surface area contributed by atoms with Gasteiger partial charge in [0.25, 0.3) is 0 Å². The van der Waals surface area contributed by atoms with Crippen LogP contribution in [-0.2, 0) is 9.53 Å². The third-order valence-corrected chi connectivity index (χ3v) is 6.73. The van der Waals surface area contributed by atoms with E-state index in [0.717, 1.165) is 32.5 Å². The van der Waals surface area contributed by atoms with Crippen molar-refractivity contribution < 1.29 is 19.0 Å². The molecule has 5 rings (SSSR count). The number of phenols is 1. The molecule has 34 heavy (non-hydrogen) atoms. The van der Waals surface area contributed by atoms with Gasteiger partial charge >= 0.3 is 0 Å². The van der Waals surface area contributed by atoms with E-state index in [2.05, 4.69) is 9.88 Å². The van der Waals surface area contributed by atoms with Gasteiger partial charge in [0.1, 0.15) is 17.4 Å². The zero-order chi connectivity index (χ0) is 23.5. The molecule has 0 unspecified atom stereocenters. The van der Waals surface area contributed by atoms with Crippen molar-refractivity contribution >= 4 is 22.6 Å². The zero-order valence-electron chi connectivity index (χ0n) is 19.1. The first-order chi connectivity index (χ1) is 16.6. The van der Waals surface area contributed by atoms with E-state index >= 15 is 0 Å². The van der Waals surface area contributed by atoms with E-state index in [4.69, 9.17) is 9.72 Å². The molecule has 1 aromatic heterocycles. The van der Waals surface area contributed by atoms with Gasteiger partial charge in [0, 0.05) is 51.2 Å². The van der Waals surface area contributed by atoms with Crippen LogP contribution >= 0.6 is 0 Å². The molecule has 2 aromatic carbocycles. The van der Waals surface area contributed by atoms with Crippen molar-refractivity contribution in [3.05, 3.63) is 48.3 Å². The van der Waals surface area contributed by atoms with Crippen LogP contribution in [0.4, 0.5) is 10.2 Å². The number of carbonyl (C=O) groups excluding carboxylic acids is 1. The molecule has 0 bridgehead atoms. The van der Waals surface area contributed by atoms with Crippen molar-refractivity contribution in [2.75, 3.05) is 44.3 Å². The van der Waals surface area contributed by atoms with Crippen LogP contribution in [0.2, 0.25) is 0 Å². The summed E-state index contributed by atoms with van der Waals surface area (Å²) in [6, 6.07) is 11.4. The highest BCUT2D eigenvalue weighted by atomic mass is 19.1. The average molecular weight is 465 g/mol. The van der Waals surface area contributed by atoms with Gasteiger partial charge in [-0.25, -0.2) is 14.4 Å². The number of hydrogen-bond donors (Lipinski definition) is 1. The van der Waals surface area contributed by atoms with Crippen LogP contribution in [0.3, 0.4) is 0 Å². The number of hydrogen-bond acceptors (Lipinski definition) is 6. The van der Waals surface area contributed by atoms with E-state index in [1.807, 2.05) is 11.0 Å². The first-order valence-electron chi connectivity index (χ1n) is 11.9. The normalized spacial score (nSPS) is 17.7. The number of anilines is 1. The number of fused-ring (bicyclic) bond motifs is 1. The minimum absolute atomic E-state index is 0.0932. The van der Waals surface area contributed by atoms with Gasteiger partial charge < -0.3 is 19.6 Å². The van der Waals surface area contributed by atoms with Crippen molar-refractivity contribution in [1.29, 1.82) is 0 Å². The molecule has 3 heterocycles. The number of benzene rings is 2. The van der Waals surface area contributed by atoms with Crippen LogP contribution in [0.5, 0.6) is 5.75 Å². The molecule has 0 aliphatic carbocycles. The summed E-state index contributed by atoms with van der Waals surface area (Å²) in [7, 11) is 0. The van der Waals surface area contributed by atoms with E-state index in [-0.39, 0.29) is 17.5 Å². The molecule has 2 fully saturated rings. The third kappa shape index (κ3) is 4.82. The fourth-order valence-corrected chi connectivity index (χ4v) is 4.81. The van der Waals surface area contributed by atoms with E-state index in [0.29, 0.717) is 66.6 Å². The number of nitrogens with zero attached hydrogens (tertiary/aromatic N) is 4. The van der Waals surface area contributed by atoms with E-state index in [9.17, 15) is 14.3 Å². The van der Waals surface area contributed by atoms with Gasteiger partial charge in [0.05, 0.1) is 11.1 Å². The van der Waals surface area contributed by atoms with Gasteiger partial charge in [0.15, 0.2) is 5.82 Å². The Morgan fingerprint density at radius 1 is 1.06 bits per heavy atom. The second-order valence-electron chi connectivity index (χ2n) is 9.03. The van der Waals surface area contributed by atoms with Crippen molar-refractivity contribution in [3.63, 3.8) is 0 Å². The highest BCUT2D eigenvalue weighted by molar-refractivity contribution is 5.91. The lowest BCUT2D eigenvalue weighted by Crippen LogP contribution is -2.37. The molecular formula is C26H29FN4O3. The Balaban J connectivity index is 1.41. The number of aromatic nitrogens is 2. The van der Waals surface area contributed by atoms with Crippen molar-refractivity contribution in [2.24, 2.45) is 5.92 Å². The number of aromatic hydroxyl groups is 1. The Morgan fingerprint density at radius 3 is 2.71 bits per heavy atom.